The summed E-state index contributed by atoms with van der Waals surface area (Å²) < 4.78 is 5.28. The monoisotopic (exact) mass is 170 g/mol. The van der Waals surface area contributed by atoms with Crippen LogP contribution in [0.25, 0.3) is 0 Å². The van der Waals surface area contributed by atoms with E-state index in [2.05, 4.69) is 0 Å². The molecule has 0 spiro atoms. The van der Waals surface area contributed by atoms with E-state index in [1.807, 2.05) is 0 Å². The summed E-state index contributed by atoms with van der Waals surface area (Å²) in [5.41, 5.74) is 10.8. The highest BCUT2D eigenvalue weighted by molar-refractivity contribution is 5.75. The van der Waals surface area contributed by atoms with Crippen LogP contribution >= 0.6 is 0 Å². The van der Waals surface area contributed by atoms with Gasteiger partial charge in [-0.3, -0.25) is 4.79 Å². The molecule has 0 aromatic carbocycles. The van der Waals surface area contributed by atoms with Crippen LogP contribution in [0.3, 0.4) is 0 Å². The summed E-state index contributed by atoms with van der Waals surface area (Å²) >= 11 is 0. The van der Waals surface area contributed by atoms with Crippen LogP contribution in [-0.2, 0) is 9.53 Å². The van der Waals surface area contributed by atoms with Gasteiger partial charge in [-0.25, -0.2) is 0 Å². The number of rotatable bonds is 2. The Kier molecular flexibility index (Phi) is 1.63. The molecule has 4 nitrogen and oxygen atoms in total. The fourth-order valence-electron chi connectivity index (χ4n) is 2.44. The van der Waals surface area contributed by atoms with Gasteiger partial charge in [-0.15, -0.1) is 0 Å². The topological polar surface area (TPSA) is 78.3 Å². The fraction of sp³-hybridized carbons (Fsp3) is 0.875. The molecule has 2 aliphatic rings. The number of carbonyl (C=O) groups excluding carboxylic acids is 1. The van der Waals surface area contributed by atoms with E-state index in [1.54, 1.807) is 0 Å². The first-order valence-electron chi connectivity index (χ1n) is 4.27. The molecular weight excluding hydrogens is 156 g/mol. The zero-order chi connectivity index (χ0) is 8.77. The number of primary amides is 1. The van der Waals surface area contributed by atoms with E-state index in [0.29, 0.717) is 24.9 Å². The lowest BCUT2D eigenvalue weighted by Crippen LogP contribution is -2.61. The molecule has 68 valence electrons. The van der Waals surface area contributed by atoms with Crippen molar-refractivity contribution in [2.45, 2.75) is 18.4 Å². The largest absolute Gasteiger partial charge is 0.381 e. The zero-order valence-electron chi connectivity index (χ0n) is 6.95. The molecule has 2 fully saturated rings. The number of hydrogen-bond donors (Lipinski definition) is 2. The molecule has 0 aromatic rings. The molecule has 4 N–H and O–H groups in total. The van der Waals surface area contributed by atoms with Crippen LogP contribution in [-0.4, -0.2) is 24.7 Å². The van der Waals surface area contributed by atoms with Crippen LogP contribution in [0.1, 0.15) is 12.8 Å². The molecule has 1 unspecified atom stereocenters. The summed E-state index contributed by atoms with van der Waals surface area (Å²) in [5, 5.41) is 0. The smallest absolute Gasteiger partial charge is 0.219 e. The number of fused-ring (bicyclic) bond motifs is 1. The van der Waals surface area contributed by atoms with Gasteiger partial charge in [0, 0.05) is 24.5 Å². The van der Waals surface area contributed by atoms with E-state index in [-0.39, 0.29) is 11.4 Å². The Morgan fingerprint density at radius 1 is 1.58 bits per heavy atom. The maximum Gasteiger partial charge on any atom is 0.219 e. The van der Waals surface area contributed by atoms with Gasteiger partial charge in [-0.2, -0.15) is 0 Å². The van der Waals surface area contributed by atoms with Gasteiger partial charge in [0.05, 0.1) is 6.61 Å². The normalized spacial score (nSPS) is 45.1. The molecule has 2 rings (SSSR count). The number of nitrogens with two attached hydrogens (primary N) is 2. The van der Waals surface area contributed by atoms with Crippen molar-refractivity contribution < 1.29 is 9.53 Å². The SMILES string of the molecule is NC(=O)CC1(N)C[C@@H]2COC[C@@H]21. The Labute approximate surface area is 71.2 Å². The second-order valence-electron chi connectivity index (χ2n) is 3.98. The van der Waals surface area contributed by atoms with Gasteiger partial charge < -0.3 is 16.2 Å². The Morgan fingerprint density at radius 3 is 2.92 bits per heavy atom. The van der Waals surface area contributed by atoms with Crippen LogP contribution in [0.15, 0.2) is 0 Å². The molecule has 1 saturated carbocycles. The second-order valence-corrected chi connectivity index (χ2v) is 3.98. The Morgan fingerprint density at radius 2 is 2.33 bits per heavy atom. The molecule has 0 aromatic heterocycles. The first-order valence-corrected chi connectivity index (χ1v) is 4.27. The van der Waals surface area contributed by atoms with E-state index in [0.717, 1.165) is 13.0 Å². The molecule has 1 heterocycles. The van der Waals surface area contributed by atoms with Crippen molar-refractivity contribution in [3.05, 3.63) is 0 Å². The zero-order valence-corrected chi connectivity index (χ0v) is 6.95. The number of carbonyl (C=O) groups is 1. The average molecular weight is 170 g/mol. The molecular formula is C8H14N2O2. The lowest BCUT2D eigenvalue weighted by Gasteiger charge is -2.48. The van der Waals surface area contributed by atoms with E-state index < -0.39 is 0 Å². The summed E-state index contributed by atoms with van der Waals surface area (Å²) in [7, 11) is 0. The summed E-state index contributed by atoms with van der Waals surface area (Å²) in [5.74, 6) is 0.641. The molecule has 1 aliphatic heterocycles. The van der Waals surface area contributed by atoms with Crippen LogP contribution in [0.5, 0.6) is 0 Å². The predicted octanol–water partition coefficient (Wildman–Crippen LogP) is -0.774. The Bertz CT molecular complexity index is 219. The fourth-order valence-corrected chi connectivity index (χ4v) is 2.44. The first-order chi connectivity index (χ1) is 5.62. The molecule has 4 heteroatoms. The summed E-state index contributed by atoms with van der Waals surface area (Å²) in [6, 6.07) is 0. The van der Waals surface area contributed by atoms with Crippen LogP contribution in [0.4, 0.5) is 0 Å². The molecule has 1 amide bonds. The third-order valence-electron chi connectivity index (χ3n) is 3.08. The number of ether oxygens (including phenoxy) is 1. The molecule has 12 heavy (non-hydrogen) atoms. The van der Waals surface area contributed by atoms with Crippen molar-refractivity contribution in [2.24, 2.45) is 23.3 Å². The molecule has 0 radical (unpaired) electrons. The third-order valence-corrected chi connectivity index (χ3v) is 3.08. The van der Waals surface area contributed by atoms with Gasteiger partial charge >= 0.3 is 0 Å². The van der Waals surface area contributed by atoms with Crippen molar-refractivity contribution in [3.8, 4) is 0 Å². The van der Waals surface area contributed by atoms with E-state index in [4.69, 9.17) is 16.2 Å². The lowest BCUT2D eigenvalue weighted by molar-refractivity contribution is -0.121. The van der Waals surface area contributed by atoms with Gasteiger partial charge in [-0.1, -0.05) is 0 Å². The minimum Gasteiger partial charge on any atom is -0.381 e. The highest BCUT2D eigenvalue weighted by Gasteiger charge is 2.54. The number of hydrogen-bond acceptors (Lipinski definition) is 3. The minimum atomic E-state index is -0.354. The van der Waals surface area contributed by atoms with Crippen molar-refractivity contribution >= 4 is 5.91 Å². The summed E-state index contributed by atoms with van der Waals surface area (Å²) in [4.78, 5) is 10.7. The van der Waals surface area contributed by atoms with Gasteiger partial charge in [-0.05, 0) is 12.3 Å². The molecule has 3 atom stereocenters. The highest BCUT2D eigenvalue weighted by Crippen LogP contribution is 2.47. The molecule has 1 aliphatic carbocycles. The average Bonchev–Trinajstić information content (AvgIpc) is 2.29. The van der Waals surface area contributed by atoms with Gasteiger partial charge in [0.15, 0.2) is 0 Å². The lowest BCUT2D eigenvalue weighted by atomic mass is 9.60. The van der Waals surface area contributed by atoms with Crippen molar-refractivity contribution in [1.29, 1.82) is 0 Å². The van der Waals surface area contributed by atoms with E-state index in [1.165, 1.54) is 0 Å². The minimum absolute atomic E-state index is 0.303. The number of amides is 1. The van der Waals surface area contributed by atoms with Crippen LogP contribution in [0.2, 0.25) is 0 Å². The van der Waals surface area contributed by atoms with Gasteiger partial charge in [0.2, 0.25) is 5.91 Å². The quantitative estimate of drug-likeness (QED) is 0.571. The van der Waals surface area contributed by atoms with E-state index >= 15 is 0 Å². The summed E-state index contributed by atoms with van der Waals surface area (Å²) in [6.07, 6.45) is 1.19. The molecule has 0 bridgehead atoms. The maximum absolute atomic E-state index is 10.7. The van der Waals surface area contributed by atoms with Crippen molar-refractivity contribution in [3.63, 3.8) is 0 Å². The van der Waals surface area contributed by atoms with Crippen LogP contribution < -0.4 is 11.5 Å². The second kappa shape index (κ2) is 2.44. The predicted molar refractivity (Wildman–Crippen MR) is 43.1 cm³/mol. The van der Waals surface area contributed by atoms with Crippen molar-refractivity contribution in [1.82, 2.24) is 0 Å². The van der Waals surface area contributed by atoms with Crippen LogP contribution in [0, 0.1) is 11.8 Å². The first kappa shape index (κ1) is 8.01. The standard InChI is InChI=1S/C8H14N2O2/c9-7(11)2-8(10)1-5-3-12-4-6(5)8/h5-6H,1-4,10H2,(H2,9,11)/t5-,6+,8?/m1/s1. The molecule has 1 saturated heterocycles. The van der Waals surface area contributed by atoms with Crippen molar-refractivity contribution in [2.75, 3.05) is 13.2 Å². The Balaban J connectivity index is 2.00. The third kappa shape index (κ3) is 1.03. The van der Waals surface area contributed by atoms with Gasteiger partial charge in [0.25, 0.3) is 0 Å². The Hall–Kier alpha value is -0.610. The van der Waals surface area contributed by atoms with E-state index in [9.17, 15) is 4.79 Å². The maximum atomic E-state index is 10.7. The summed E-state index contributed by atoms with van der Waals surface area (Å²) in [6.45, 7) is 1.51. The van der Waals surface area contributed by atoms with Gasteiger partial charge in [0.1, 0.15) is 0 Å². The highest BCUT2D eigenvalue weighted by atomic mass is 16.5.